The van der Waals surface area contributed by atoms with E-state index < -0.39 is 29.7 Å². The minimum absolute atomic E-state index is 0.151. The lowest BCUT2D eigenvalue weighted by Gasteiger charge is -2.17. The molecule has 0 saturated carbocycles. The highest BCUT2D eigenvalue weighted by Crippen LogP contribution is 2.29. The summed E-state index contributed by atoms with van der Waals surface area (Å²) in [4.78, 5) is 24.3. The Morgan fingerprint density at radius 2 is 1.71 bits per heavy atom. The molecule has 0 aliphatic rings. The van der Waals surface area contributed by atoms with Crippen LogP contribution in [-0.4, -0.2) is 32.1 Å². The van der Waals surface area contributed by atoms with E-state index >= 15 is 0 Å². The van der Waals surface area contributed by atoms with Crippen molar-refractivity contribution in [3.8, 4) is 5.75 Å². The zero-order chi connectivity index (χ0) is 20.7. The average molecular weight is 395 g/mol. The number of carbonyl (C=O) groups is 2. The van der Waals surface area contributed by atoms with Gasteiger partial charge in [-0.3, -0.25) is 4.79 Å². The zero-order valence-electron chi connectivity index (χ0n) is 15.4. The number of benzene rings is 2. The maximum atomic E-state index is 12.8. The Morgan fingerprint density at radius 1 is 1.04 bits per heavy atom. The van der Waals surface area contributed by atoms with Crippen LogP contribution >= 0.6 is 0 Å². The van der Waals surface area contributed by atoms with E-state index in [1.54, 1.807) is 24.3 Å². The second kappa shape index (κ2) is 9.25. The van der Waals surface area contributed by atoms with Gasteiger partial charge in [-0.15, -0.1) is 0 Å². The zero-order valence-corrected chi connectivity index (χ0v) is 15.4. The first-order chi connectivity index (χ1) is 13.2. The van der Waals surface area contributed by atoms with Gasteiger partial charge in [-0.1, -0.05) is 30.3 Å². The smallest absolute Gasteiger partial charge is 0.416 e. The number of carbonyl (C=O) groups excluding carboxylic acids is 2. The summed E-state index contributed by atoms with van der Waals surface area (Å²) in [5, 5.41) is 2.52. The average Bonchev–Trinajstić information content (AvgIpc) is 2.66. The van der Waals surface area contributed by atoms with Gasteiger partial charge in [0.25, 0.3) is 0 Å². The lowest BCUT2D eigenvalue weighted by atomic mass is 10.0. The van der Waals surface area contributed by atoms with Crippen molar-refractivity contribution in [2.24, 2.45) is 0 Å². The van der Waals surface area contributed by atoms with Crippen molar-refractivity contribution in [1.82, 2.24) is 5.32 Å². The fourth-order valence-corrected chi connectivity index (χ4v) is 2.66. The molecule has 0 fully saturated rings. The molecule has 0 radical (unpaired) electrons. The number of ether oxygens (including phenoxy) is 2. The fourth-order valence-electron chi connectivity index (χ4n) is 2.66. The maximum Gasteiger partial charge on any atom is 0.416 e. The normalized spacial score (nSPS) is 12.2. The number of methoxy groups -OCH3 is 2. The highest BCUT2D eigenvalue weighted by atomic mass is 19.4. The maximum absolute atomic E-state index is 12.8. The molecule has 2 rings (SSSR count). The summed E-state index contributed by atoms with van der Waals surface area (Å²) in [6.07, 6.45) is -4.64. The Morgan fingerprint density at radius 3 is 2.36 bits per heavy atom. The van der Waals surface area contributed by atoms with Gasteiger partial charge in [0.05, 0.1) is 26.2 Å². The van der Waals surface area contributed by atoms with E-state index in [9.17, 15) is 22.8 Å². The van der Waals surface area contributed by atoms with Crippen LogP contribution in [0.25, 0.3) is 0 Å². The Balaban J connectivity index is 2.09. The molecule has 2 aromatic rings. The van der Waals surface area contributed by atoms with Gasteiger partial charge in [0.15, 0.2) is 0 Å². The van der Waals surface area contributed by atoms with Gasteiger partial charge >= 0.3 is 12.1 Å². The molecule has 28 heavy (non-hydrogen) atoms. The third-order valence-electron chi connectivity index (χ3n) is 4.01. The minimum atomic E-state index is -4.49. The number of hydrogen-bond donors (Lipinski definition) is 1. The van der Waals surface area contributed by atoms with Gasteiger partial charge in [-0.05, 0) is 29.3 Å². The van der Waals surface area contributed by atoms with Crippen LogP contribution in [0.3, 0.4) is 0 Å². The number of esters is 1. The second-order valence-electron chi connectivity index (χ2n) is 6.07. The van der Waals surface area contributed by atoms with Crippen LogP contribution in [0.2, 0.25) is 0 Å². The van der Waals surface area contributed by atoms with Crippen molar-refractivity contribution in [2.45, 2.75) is 25.1 Å². The van der Waals surface area contributed by atoms with Gasteiger partial charge in [0, 0.05) is 6.42 Å². The lowest BCUT2D eigenvalue weighted by molar-refractivity contribution is -0.145. The molecule has 150 valence electrons. The molecule has 5 nitrogen and oxygen atoms in total. The SMILES string of the molecule is COC(=O)[C@H](Cc1cccc(OC)c1)NC(=O)Cc1cccc(C(F)(F)F)c1. The standard InChI is InChI=1S/C20H20F3NO4/c1-27-16-8-4-6-14(10-16)11-17(19(26)28-2)24-18(25)12-13-5-3-7-15(9-13)20(21,22)23/h3-10,17H,11-12H2,1-2H3,(H,24,25)/t17-/m0/s1. The number of halogens is 3. The molecular formula is C20H20F3NO4. The molecule has 0 aliphatic heterocycles. The Labute approximate surface area is 160 Å². The number of alkyl halides is 3. The summed E-state index contributed by atoms with van der Waals surface area (Å²) in [6.45, 7) is 0. The molecule has 1 N–H and O–H groups in total. The topological polar surface area (TPSA) is 64.6 Å². The van der Waals surface area contributed by atoms with Gasteiger partial charge in [0.1, 0.15) is 11.8 Å². The second-order valence-corrected chi connectivity index (χ2v) is 6.07. The van der Waals surface area contributed by atoms with Gasteiger partial charge in [-0.25, -0.2) is 4.79 Å². The first-order valence-corrected chi connectivity index (χ1v) is 8.39. The molecule has 0 bridgehead atoms. The first-order valence-electron chi connectivity index (χ1n) is 8.39. The van der Waals surface area contributed by atoms with E-state index in [0.29, 0.717) is 5.75 Å². The van der Waals surface area contributed by atoms with Crippen LogP contribution in [0.15, 0.2) is 48.5 Å². The molecule has 0 spiro atoms. The molecular weight excluding hydrogens is 375 g/mol. The van der Waals surface area contributed by atoms with Crippen LogP contribution in [-0.2, 0) is 33.3 Å². The van der Waals surface area contributed by atoms with Crippen molar-refractivity contribution in [1.29, 1.82) is 0 Å². The molecule has 0 saturated heterocycles. The van der Waals surface area contributed by atoms with E-state index in [2.05, 4.69) is 5.32 Å². The summed E-state index contributed by atoms with van der Waals surface area (Å²) >= 11 is 0. The highest BCUT2D eigenvalue weighted by Gasteiger charge is 2.30. The molecule has 8 heteroatoms. The molecule has 0 unspecified atom stereocenters. The summed E-state index contributed by atoms with van der Waals surface area (Å²) < 4.78 is 48.2. The van der Waals surface area contributed by atoms with Gasteiger partial charge in [0.2, 0.25) is 5.91 Å². The Kier molecular flexibility index (Phi) is 7.03. The van der Waals surface area contributed by atoms with Crippen molar-refractivity contribution < 1.29 is 32.2 Å². The number of amides is 1. The molecule has 1 atom stereocenters. The van der Waals surface area contributed by atoms with Crippen LogP contribution in [0.4, 0.5) is 13.2 Å². The van der Waals surface area contributed by atoms with E-state index in [1.807, 2.05) is 0 Å². The van der Waals surface area contributed by atoms with Crippen molar-refractivity contribution >= 4 is 11.9 Å². The molecule has 2 aromatic carbocycles. The highest BCUT2D eigenvalue weighted by molar-refractivity contribution is 5.85. The number of rotatable bonds is 7. The Hall–Kier alpha value is -3.03. The summed E-state index contributed by atoms with van der Waals surface area (Å²) in [5.74, 6) is -0.644. The summed E-state index contributed by atoms with van der Waals surface area (Å²) in [5.41, 5.74) is 0.0881. The predicted molar refractivity (Wildman–Crippen MR) is 95.8 cm³/mol. The van der Waals surface area contributed by atoms with Crippen LogP contribution in [0, 0.1) is 0 Å². The Bertz CT molecular complexity index is 836. The summed E-state index contributed by atoms with van der Waals surface area (Å²) in [6, 6.07) is 10.5. The van der Waals surface area contributed by atoms with Crippen molar-refractivity contribution in [3.63, 3.8) is 0 Å². The molecule has 0 heterocycles. The van der Waals surface area contributed by atoms with E-state index in [-0.39, 0.29) is 18.4 Å². The van der Waals surface area contributed by atoms with Crippen LogP contribution in [0.1, 0.15) is 16.7 Å². The molecule has 0 aliphatic carbocycles. The van der Waals surface area contributed by atoms with E-state index in [0.717, 1.165) is 17.7 Å². The van der Waals surface area contributed by atoms with E-state index in [4.69, 9.17) is 9.47 Å². The quantitative estimate of drug-likeness (QED) is 0.732. The number of hydrogen-bond acceptors (Lipinski definition) is 4. The lowest BCUT2D eigenvalue weighted by Crippen LogP contribution is -2.43. The van der Waals surface area contributed by atoms with Crippen LogP contribution < -0.4 is 10.1 Å². The van der Waals surface area contributed by atoms with Crippen LogP contribution in [0.5, 0.6) is 5.75 Å². The first kappa shape index (κ1) is 21.3. The monoisotopic (exact) mass is 395 g/mol. The fraction of sp³-hybridized carbons (Fsp3) is 0.300. The van der Waals surface area contributed by atoms with Gasteiger partial charge < -0.3 is 14.8 Å². The minimum Gasteiger partial charge on any atom is -0.497 e. The van der Waals surface area contributed by atoms with Crippen molar-refractivity contribution in [3.05, 3.63) is 65.2 Å². The number of nitrogens with one attached hydrogen (secondary N) is 1. The van der Waals surface area contributed by atoms with Crippen molar-refractivity contribution in [2.75, 3.05) is 14.2 Å². The summed E-state index contributed by atoms with van der Waals surface area (Å²) in [7, 11) is 2.70. The largest absolute Gasteiger partial charge is 0.497 e. The molecule has 0 aromatic heterocycles. The van der Waals surface area contributed by atoms with E-state index in [1.165, 1.54) is 26.4 Å². The molecule has 1 amide bonds. The predicted octanol–water partition coefficient (Wildman–Crippen LogP) is 3.16. The third-order valence-corrected chi connectivity index (χ3v) is 4.01. The van der Waals surface area contributed by atoms with Gasteiger partial charge in [-0.2, -0.15) is 13.2 Å². The third kappa shape index (κ3) is 6.00.